The minimum Gasteiger partial charge on any atom is -0.492 e. The first-order valence-electron chi connectivity index (χ1n) is 12.2. The average molecular weight is 475 g/mol. The first kappa shape index (κ1) is 22.9. The van der Waals surface area contributed by atoms with Gasteiger partial charge >= 0.3 is 0 Å². The van der Waals surface area contributed by atoms with Gasteiger partial charge in [-0.3, -0.25) is 9.69 Å². The van der Waals surface area contributed by atoms with Crippen LogP contribution in [-0.2, 0) is 24.2 Å². The molecule has 0 radical (unpaired) electrons. The summed E-state index contributed by atoms with van der Waals surface area (Å²) in [5.41, 5.74) is 6.86. The van der Waals surface area contributed by atoms with Crippen molar-refractivity contribution in [2.75, 3.05) is 31.1 Å². The Bertz CT molecular complexity index is 1170. The Morgan fingerprint density at radius 1 is 0.882 bits per heavy atom. The average Bonchev–Trinajstić information content (AvgIpc) is 3.34. The number of hydrogen-bond donors (Lipinski definition) is 0. The summed E-state index contributed by atoms with van der Waals surface area (Å²) in [6, 6.07) is 20.8. The van der Waals surface area contributed by atoms with Crippen LogP contribution in [0, 0.1) is 0 Å². The molecule has 1 saturated heterocycles. The highest BCUT2D eigenvalue weighted by atomic mass is 35.5. The Hall–Kier alpha value is -2.82. The van der Waals surface area contributed by atoms with Gasteiger partial charge in [-0.25, -0.2) is 0 Å². The van der Waals surface area contributed by atoms with Crippen molar-refractivity contribution in [1.82, 2.24) is 4.90 Å². The first-order valence-corrected chi connectivity index (χ1v) is 12.6. The molecule has 3 aromatic carbocycles. The van der Waals surface area contributed by atoms with E-state index >= 15 is 0 Å². The maximum absolute atomic E-state index is 12.6. The van der Waals surface area contributed by atoms with E-state index in [1.54, 1.807) is 6.92 Å². The molecular weight excluding hydrogens is 444 g/mol. The van der Waals surface area contributed by atoms with Gasteiger partial charge in [0, 0.05) is 24.2 Å². The van der Waals surface area contributed by atoms with Gasteiger partial charge in [-0.05, 0) is 103 Å². The van der Waals surface area contributed by atoms with E-state index in [2.05, 4.69) is 47.4 Å². The molecule has 34 heavy (non-hydrogen) atoms. The minimum atomic E-state index is 0.0391. The lowest BCUT2D eigenvalue weighted by molar-refractivity contribution is -0.116. The molecule has 0 spiro atoms. The van der Waals surface area contributed by atoms with Crippen LogP contribution in [-0.4, -0.2) is 37.0 Å². The second kappa shape index (κ2) is 10.2. The predicted molar refractivity (Wildman–Crippen MR) is 139 cm³/mol. The molecule has 0 bridgehead atoms. The summed E-state index contributed by atoms with van der Waals surface area (Å²) >= 11 is 6.24. The Balaban J connectivity index is 1.33. The zero-order chi connectivity index (χ0) is 23.5. The molecule has 1 fully saturated rings. The van der Waals surface area contributed by atoms with E-state index in [0.717, 1.165) is 54.1 Å². The molecule has 0 aromatic heterocycles. The van der Waals surface area contributed by atoms with E-state index in [1.165, 1.54) is 37.1 Å². The maximum atomic E-state index is 12.6. The normalized spacial score (nSPS) is 15.9. The van der Waals surface area contributed by atoms with Gasteiger partial charge in [-0.1, -0.05) is 35.9 Å². The molecule has 176 valence electrons. The molecule has 0 aliphatic carbocycles. The van der Waals surface area contributed by atoms with Gasteiger partial charge < -0.3 is 9.64 Å². The molecular formula is C29H31ClN2O2. The summed E-state index contributed by atoms with van der Waals surface area (Å²) < 4.78 is 5.97. The van der Waals surface area contributed by atoms with Crippen LogP contribution in [0.2, 0.25) is 5.02 Å². The monoisotopic (exact) mass is 474 g/mol. The summed E-state index contributed by atoms with van der Waals surface area (Å²) in [6.45, 7) is 6.30. The predicted octanol–water partition coefficient (Wildman–Crippen LogP) is 6.13. The SMILES string of the molecule is CC(=O)N1Cc2cc(-c3ccc(OCCN4CCCC4)cc3)ccc2CCc2cc(Cl)ccc21. The number of rotatable bonds is 5. The molecule has 0 saturated carbocycles. The lowest BCUT2D eigenvalue weighted by atomic mass is 9.92. The quantitative estimate of drug-likeness (QED) is 0.445. The van der Waals surface area contributed by atoms with E-state index in [-0.39, 0.29) is 5.91 Å². The molecule has 2 heterocycles. The summed E-state index contributed by atoms with van der Waals surface area (Å²) in [5.74, 6) is 0.949. The molecule has 3 aromatic rings. The lowest BCUT2D eigenvalue weighted by Crippen LogP contribution is -2.30. The summed E-state index contributed by atoms with van der Waals surface area (Å²) in [4.78, 5) is 16.9. The number of amides is 1. The Kier molecular flexibility index (Phi) is 6.89. The highest BCUT2D eigenvalue weighted by molar-refractivity contribution is 6.30. The highest BCUT2D eigenvalue weighted by Gasteiger charge is 2.21. The van der Waals surface area contributed by atoms with Crippen LogP contribution in [0.3, 0.4) is 0 Å². The Morgan fingerprint density at radius 3 is 2.38 bits per heavy atom. The number of fused-ring (bicyclic) bond motifs is 2. The number of carbonyl (C=O) groups excluding carboxylic acids is 1. The minimum absolute atomic E-state index is 0.0391. The van der Waals surface area contributed by atoms with Crippen LogP contribution in [0.25, 0.3) is 11.1 Å². The van der Waals surface area contributed by atoms with Crippen LogP contribution in [0.15, 0.2) is 60.7 Å². The fourth-order valence-electron chi connectivity index (χ4n) is 5.06. The number of aryl methyl sites for hydroxylation is 2. The Morgan fingerprint density at radius 2 is 1.62 bits per heavy atom. The number of ether oxygens (including phenoxy) is 1. The highest BCUT2D eigenvalue weighted by Crippen LogP contribution is 2.33. The largest absolute Gasteiger partial charge is 0.492 e. The first-order chi connectivity index (χ1) is 16.6. The fraction of sp³-hybridized carbons (Fsp3) is 0.345. The van der Waals surface area contributed by atoms with Crippen LogP contribution in [0.4, 0.5) is 5.69 Å². The number of nitrogens with zero attached hydrogens (tertiary/aromatic N) is 2. The third-order valence-corrected chi connectivity index (χ3v) is 7.21. The second-order valence-electron chi connectivity index (χ2n) is 9.28. The van der Waals surface area contributed by atoms with Gasteiger partial charge in [-0.2, -0.15) is 0 Å². The molecule has 4 nitrogen and oxygen atoms in total. The van der Waals surface area contributed by atoms with Crippen molar-refractivity contribution >= 4 is 23.2 Å². The van der Waals surface area contributed by atoms with E-state index in [1.807, 2.05) is 23.1 Å². The fourth-order valence-corrected chi connectivity index (χ4v) is 5.26. The van der Waals surface area contributed by atoms with Gasteiger partial charge in [0.25, 0.3) is 0 Å². The third-order valence-electron chi connectivity index (χ3n) is 6.97. The Labute approximate surface area is 207 Å². The van der Waals surface area contributed by atoms with E-state index in [0.29, 0.717) is 11.6 Å². The topological polar surface area (TPSA) is 32.8 Å². The van der Waals surface area contributed by atoms with Crippen molar-refractivity contribution in [3.05, 3.63) is 82.4 Å². The van der Waals surface area contributed by atoms with Gasteiger partial charge in [-0.15, -0.1) is 0 Å². The van der Waals surface area contributed by atoms with Crippen molar-refractivity contribution in [1.29, 1.82) is 0 Å². The number of anilines is 1. The summed E-state index contributed by atoms with van der Waals surface area (Å²) in [6.07, 6.45) is 4.40. The molecule has 0 atom stereocenters. The third kappa shape index (κ3) is 5.13. The smallest absolute Gasteiger partial charge is 0.224 e. The van der Waals surface area contributed by atoms with Gasteiger partial charge in [0.15, 0.2) is 0 Å². The molecule has 1 amide bonds. The van der Waals surface area contributed by atoms with Crippen molar-refractivity contribution in [2.45, 2.75) is 39.2 Å². The van der Waals surface area contributed by atoms with E-state index in [4.69, 9.17) is 16.3 Å². The van der Waals surface area contributed by atoms with E-state index < -0.39 is 0 Å². The maximum Gasteiger partial charge on any atom is 0.224 e. The van der Waals surface area contributed by atoms with Crippen LogP contribution < -0.4 is 9.64 Å². The lowest BCUT2D eigenvalue weighted by Gasteiger charge is -2.28. The van der Waals surface area contributed by atoms with Gasteiger partial charge in [0.1, 0.15) is 12.4 Å². The van der Waals surface area contributed by atoms with Gasteiger partial charge in [0.2, 0.25) is 5.91 Å². The summed E-state index contributed by atoms with van der Waals surface area (Å²) in [5, 5.41) is 0.710. The van der Waals surface area contributed by atoms with Crippen LogP contribution in [0.1, 0.15) is 36.5 Å². The number of carbonyl (C=O) groups is 1. The number of likely N-dealkylation sites (tertiary alicyclic amines) is 1. The second-order valence-corrected chi connectivity index (χ2v) is 9.72. The van der Waals surface area contributed by atoms with Crippen molar-refractivity contribution in [3.63, 3.8) is 0 Å². The molecule has 5 rings (SSSR count). The van der Waals surface area contributed by atoms with E-state index in [9.17, 15) is 4.79 Å². The number of benzene rings is 3. The molecule has 0 unspecified atom stereocenters. The van der Waals surface area contributed by atoms with Crippen LogP contribution in [0.5, 0.6) is 5.75 Å². The molecule has 0 N–H and O–H groups in total. The standard InChI is InChI=1S/C29H31ClN2O2/c1-21(33)32-20-26-18-24(6-4-23(26)5-7-25-19-27(30)10-13-29(25)32)22-8-11-28(12-9-22)34-17-16-31-14-2-3-15-31/h4,6,8-13,18-19H,2-3,5,7,14-17,20H2,1H3. The molecule has 2 aliphatic heterocycles. The van der Waals surface area contributed by atoms with Gasteiger partial charge in [0.05, 0.1) is 6.54 Å². The van der Waals surface area contributed by atoms with Crippen molar-refractivity contribution in [2.24, 2.45) is 0 Å². The molecule has 5 heteroatoms. The number of hydrogen-bond acceptors (Lipinski definition) is 3. The van der Waals surface area contributed by atoms with Crippen molar-refractivity contribution in [3.8, 4) is 16.9 Å². The van der Waals surface area contributed by atoms with Crippen molar-refractivity contribution < 1.29 is 9.53 Å². The zero-order valence-corrected chi connectivity index (χ0v) is 20.5. The summed E-state index contributed by atoms with van der Waals surface area (Å²) in [7, 11) is 0. The zero-order valence-electron chi connectivity index (χ0n) is 19.7. The molecule has 2 aliphatic rings. The number of halogens is 1. The van der Waals surface area contributed by atoms with Crippen LogP contribution >= 0.6 is 11.6 Å².